The number of aromatic nitrogens is 2. The zero-order valence-electron chi connectivity index (χ0n) is 21.5. The Morgan fingerprint density at radius 2 is 1.77 bits per heavy atom. The van der Waals surface area contributed by atoms with Crippen molar-refractivity contribution < 1.29 is 13.2 Å². The van der Waals surface area contributed by atoms with Gasteiger partial charge in [-0.3, -0.25) is 14.0 Å². The van der Waals surface area contributed by atoms with Gasteiger partial charge in [-0.25, -0.2) is 18.4 Å². The Balaban J connectivity index is 1.27. The maximum atomic E-state index is 13.6. The van der Waals surface area contributed by atoms with Gasteiger partial charge in [0.05, 0.1) is 26.3 Å². The monoisotopic (exact) mass is 613 g/mol. The van der Waals surface area contributed by atoms with Gasteiger partial charge in [0.2, 0.25) is 5.91 Å². The molecule has 1 amide bonds. The van der Waals surface area contributed by atoms with Gasteiger partial charge in [0, 0.05) is 19.5 Å². The number of nitrogens with one attached hydrogen (secondary N) is 1. The number of fused-ring (bicyclic) bond motifs is 1. The fourth-order valence-corrected chi connectivity index (χ4v) is 8.37. The molecule has 206 valence electrons. The van der Waals surface area contributed by atoms with E-state index in [0.717, 1.165) is 34.5 Å². The Morgan fingerprint density at radius 1 is 0.975 bits per heavy atom. The van der Waals surface area contributed by atoms with E-state index in [1.165, 1.54) is 21.7 Å². The lowest BCUT2D eigenvalue weighted by Crippen LogP contribution is -2.35. The Kier molecular flexibility index (Phi) is 7.20. The first kappa shape index (κ1) is 27.0. The molecule has 1 N–H and O–H groups in total. The van der Waals surface area contributed by atoms with Crippen molar-refractivity contribution in [1.29, 1.82) is 0 Å². The number of amides is 1. The zero-order chi connectivity index (χ0) is 28.0. The number of anilines is 4. The van der Waals surface area contributed by atoms with Crippen LogP contribution in [0.5, 0.6) is 0 Å². The summed E-state index contributed by atoms with van der Waals surface area (Å²) in [5, 5.41) is 4.19. The molecule has 0 bridgehead atoms. The normalized spacial score (nSPS) is 15.4. The van der Waals surface area contributed by atoms with Crippen LogP contribution in [0.25, 0.3) is 10.4 Å². The molecule has 40 heavy (non-hydrogen) atoms. The van der Waals surface area contributed by atoms with Crippen molar-refractivity contribution in [1.82, 2.24) is 9.97 Å². The van der Waals surface area contributed by atoms with Crippen LogP contribution in [0.4, 0.5) is 22.5 Å². The van der Waals surface area contributed by atoms with E-state index in [2.05, 4.69) is 10.3 Å². The fraction of sp³-hybridized carbons (Fsp3) is 0.250. The van der Waals surface area contributed by atoms with Crippen LogP contribution in [0.15, 0.2) is 59.5 Å². The molecule has 4 heterocycles. The van der Waals surface area contributed by atoms with Crippen LogP contribution < -0.4 is 14.5 Å². The molecule has 2 aliphatic rings. The lowest BCUT2D eigenvalue weighted by molar-refractivity contribution is -0.117. The minimum absolute atomic E-state index is 0.000568. The highest BCUT2D eigenvalue weighted by Gasteiger charge is 2.31. The van der Waals surface area contributed by atoms with E-state index in [9.17, 15) is 13.2 Å². The zero-order valence-corrected chi connectivity index (χ0v) is 24.7. The Bertz CT molecular complexity index is 1740. The van der Waals surface area contributed by atoms with Crippen molar-refractivity contribution >= 4 is 72.9 Å². The second-order valence-corrected chi connectivity index (χ2v) is 13.3. The third-order valence-electron chi connectivity index (χ3n) is 7.02. The van der Waals surface area contributed by atoms with Crippen LogP contribution in [-0.2, 0) is 21.2 Å². The molecule has 2 aliphatic heterocycles. The number of hydrogen-bond donors (Lipinski definition) is 1. The average Bonchev–Trinajstić information content (AvgIpc) is 3.54. The highest BCUT2D eigenvalue weighted by molar-refractivity contribution is 7.93. The number of benzene rings is 2. The topological polar surface area (TPSA) is 95.5 Å². The van der Waals surface area contributed by atoms with E-state index < -0.39 is 10.0 Å². The smallest absolute Gasteiger partial charge is 0.265 e. The van der Waals surface area contributed by atoms with Crippen LogP contribution in [0.3, 0.4) is 0 Å². The molecule has 2 aromatic heterocycles. The summed E-state index contributed by atoms with van der Waals surface area (Å²) in [7, 11) is -3.89. The molecule has 0 spiro atoms. The first-order chi connectivity index (χ1) is 19.2. The van der Waals surface area contributed by atoms with E-state index >= 15 is 0 Å². The van der Waals surface area contributed by atoms with Gasteiger partial charge in [0.25, 0.3) is 10.0 Å². The summed E-state index contributed by atoms with van der Waals surface area (Å²) in [6, 6.07) is 16.0. The van der Waals surface area contributed by atoms with E-state index in [4.69, 9.17) is 28.2 Å². The summed E-state index contributed by atoms with van der Waals surface area (Å²) in [6.45, 7) is 2.99. The molecule has 1 fully saturated rings. The molecule has 0 saturated carbocycles. The molecule has 0 radical (unpaired) electrons. The van der Waals surface area contributed by atoms with Crippen molar-refractivity contribution in [3.05, 3.63) is 75.9 Å². The first-order valence-electron chi connectivity index (χ1n) is 12.8. The number of hydrogen-bond acceptors (Lipinski definition) is 7. The van der Waals surface area contributed by atoms with Gasteiger partial charge in [-0.2, -0.15) is 0 Å². The minimum Gasteiger partial charge on any atom is -0.316 e. The first-order valence-corrected chi connectivity index (χ1v) is 15.9. The number of carbonyl (C=O) groups excluding carboxylic acids is 1. The quantitative estimate of drug-likeness (QED) is 0.256. The number of nitrogens with zero attached hydrogens (tertiary/aromatic N) is 4. The lowest BCUT2D eigenvalue weighted by atomic mass is 10.00. The van der Waals surface area contributed by atoms with Crippen molar-refractivity contribution in [2.24, 2.45) is 0 Å². The number of pyridine rings is 1. The van der Waals surface area contributed by atoms with E-state index in [-0.39, 0.29) is 20.8 Å². The number of rotatable bonds is 6. The third kappa shape index (κ3) is 4.94. The number of carbonyl (C=O) groups is 1. The summed E-state index contributed by atoms with van der Waals surface area (Å²) in [5.41, 5.74) is 3.40. The molecule has 0 unspecified atom stereocenters. The molecule has 0 aliphatic carbocycles. The second-order valence-electron chi connectivity index (χ2n) is 9.66. The van der Waals surface area contributed by atoms with Crippen LogP contribution in [-0.4, -0.2) is 37.4 Å². The van der Waals surface area contributed by atoms with Crippen LogP contribution in [0, 0.1) is 6.92 Å². The van der Waals surface area contributed by atoms with Gasteiger partial charge in [-0.15, -0.1) is 0 Å². The predicted octanol–water partition coefficient (Wildman–Crippen LogP) is 6.83. The molecule has 8 nitrogen and oxygen atoms in total. The van der Waals surface area contributed by atoms with Crippen molar-refractivity contribution in [2.75, 3.05) is 27.6 Å². The van der Waals surface area contributed by atoms with Gasteiger partial charge in [-0.05, 0) is 73.7 Å². The summed E-state index contributed by atoms with van der Waals surface area (Å²) in [5.74, 6) is 1.34. The van der Waals surface area contributed by atoms with Crippen molar-refractivity contribution in [2.45, 2.75) is 37.5 Å². The van der Waals surface area contributed by atoms with Crippen molar-refractivity contribution in [3.63, 3.8) is 0 Å². The Labute approximate surface area is 246 Å². The molecule has 2 aromatic carbocycles. The van der Waals surface area contributed by atoms with Crippen LogP contribution >= 0.6 is 34.5 Å². The number of aryl methyl sites for hydroxylation is 2. The average molecular weight is 615 g/mol. The van der Waals surface area contributed by atoms with Crippen LogP contribution in [0.1, 0.15) is 30.5 Å². The second kappa shape index (κ2) is 10.7. The third-order valence-corrected chi connectivity index (χ3v) is 10.9. The van der Waals surface area contributed by atoms with E-state index in [1.54, 1.807) is 17.0 Å². The van der Waals surface area contributed by atoms with Gasteiger partial charge in [0.1, 0.15) is 16.5 Å². The lowest BCUT2D eigenvalue weighted by Gasteiger charge is -2.31. The maximum absolute atomic E-state index is 13.6. The molecular weight excluding hydrogens is 589 g/mol. The minimum atomic E-state index is -3.89. The van der Waals surface area contributed by atoms with Crippen molar-refractivity contribution in [3.8, 4) is 10.4 Å². The summed E-state index contributed by atoms with van der Waals surface area (Å²) in [4.78, 5) is 24.1. The van der Waals surface area contributed by atoms with Gasteiger partial charge >= 0.3 is 0 Å². The number of halogens is 2. The summed E-state index contributed by atoms with van der Waals surface area (Å²) in [6.07, 6.45) is 2.83. The molecular formula is C28H25Cl2N5O3S2. The Morgan fingerprint density at radius 3 is 2.58 bits per heavy atom. The fourth-order valence-electron chi connectivity index (χ4n) is 5.12. The van der Waals surface area contributed by atoms with E-state index in [0.29, 0.717) is 48.4 Å². The molecule has 12 heteroatoms. The van der Waals surface area contributed by atoms with Gasteiger partial charge < -0.3 is 5.32 Å². The Hall–Kier alpha value is -3.18. The molecule has 0 atom stereocenters. The van der Waals surface area contributed by atoms with Gasteiger partial charge in [-0.1, -0.05) is 52.7 Å². The van der Waals surface area contributed by atoms with E-state index in [1.807, 2.05) is 43.3 Å². The highest BCUT2D eigenvalue weighted by atomic mass is 35.5. The largest absolute Gasteiger partial charge is 0.316 e. The number of thiazole rings is 1. The SMILES string of the molecule is Cc1nc(Nc2cccc(N3CCCC3=O)n2)sc1-c1ccc2c(c1)CCCN2S(=O)(=O)c1cccc(Cl)c1Cl. The molecule has 1 saturated heterocycles. The maximum Gasteiger partial charge on any atom is 0.265 e. The summed E-state index contributed by atoms with van der Waals surface area (Å²) >= 11 is 13.9. The molecule has 4 aromatic rings. The number of sulfonamides is 1. The summed E-state index contributed by atoms with van der Waals surface area (Å²) < 4.78 is 28.6. The predicted molar refractivity (Wildman–Crippen MR) is 161 cm³/mol. The standard InChI is InChI=1S/C28H25Cl2N5O3S2/c1-17-27(39-28(31-17)33-23-9-3-10-24(32-23)34-14-5-11-25(34)36)19-12-13-21-18(16-19)6-4-15-35(21)40(37,38)22-8-2-7-20(29)26(22)30/h2-3,7-10,12-13,16H,4-6,11,14-15H2,1H3,(H,31,32,33). The molecule has 6 rings (SSSR count). The highest BCUT2D eigenvalue weighted by Crippen LogP contribution is 2.40. The van der Waals surface area contributed by atoms with Gasteiger partial charge in [0.15, 0.2) is 5.13 Å². The van der Waals surface area contributed by atoms with Crippen LogP contribution in [0.2, 0.25) is 10.0 Å².